The van der Waals surface area contributed by atoms with Crippen molar-refractivity contribution in [2.45, 2.75) is 26.9 Å². The minimum atomic E-state index is 0.104. The number of ether oxygens (including phenoxy) is 3. The Balaban J connectivity index is 2.51. The van der Waals surface area contributed by atoms with E-state index in [1.54, 1.807) is 23.5 Å². The van der Waals surface area contributed by atoms with E-state index in [0.29, 0.717) is 39.0 Å². The van der Waals surface area contributed by atoms with Crippen molar-refractivity contribution in [3.63, 3.8) is 0 Å². The van der Waals surface area contributed by atoms with Crippen molar-refractivity contribution in [3.05, 3.63) is 9.81 Å². The van der Waals surface area contributed by atoms with Crippen LogP contribution in [0.2, 0.25) is 0 Å². The van der Waals surface area contributed by atoms with Crippen LogP contribution in [-0.2, 0) is 14.2 Å². The second-order valence-electron chi connectivity index (χ2n) is 5.09. The van der Waals surface area contributed by atoms with Gasteiger partial charge in [0.15, 0.2) is 0 Å². The van der Waals surface area contributed by atoms with Crippen LogP contribution in [-0.4, -0.2) is 50.6 Å². The maximum Gasteiger partial charge on any atom is 0.107 e. The van der Waals surface area contributed by atoms with Gasteiger partial charge < -0.3 is 14.2 Å². The molecule has 0 saturated carbocycles. The maximum absolute atomic E-state index is 9.20. The van der Waals surface area contributed by atoms with Crippen molar-refractivity contribution < 1.29 is 14.2 Å². The van der Waals surface area contributed by atoms with Gasteiger partial charge in [-0.2, -0.15) is 5.26 Å². The molecular weight excluding hydrogens is 306 g/mol. The molecule has 0 amide bonds. The molecule has 0 aliphatic carbocycles. The zero-order valence-electron chi connectivity index (χ0n) is 13.1. The molecule has 0 N–H and O–H groups in total. The van der Waals surface area contributed by atoms with Crippen LogP contribution in [0.3, 0.4) is 0 Å². The Morgan fingerprint density at radius 1 is 1.05 bits per heavy atom. The quantitative estimate of drug-likeness (QED) is 0.679. The molecule has 0 aromatic heterocycles. The molecule has 1 aliphatic heterocycles. The van der Waals surface area contributed by atoms with Crippen molar-refractivity contribution in [1.29, 1.82) is 5.26 Å². The lowest BCUT2D eigenvalue weighted by atomic mass is 10.2. The third-order valence-corrected chi connectivity index (χ3v) is 5.06. The minimum Gasteiger partial charge on any atom is -0.380 e. The van der Waals surface area contributed by atoms with Crippen LogP contribution in [0.15, 0.2) is 9.81 Å². The summed E-state index contributed by atoms with van der Waals surface area (Å²) in [6.07, 6.45) is 0.104. The molecule has 1 heterocycles. The third-order valence-electron chi connectivity index (χ3n) is 2.86. The van der Waals surface area contributed by atoms with Gasteiger partial charge in [0.05, 0.1) is 44.0 Å². The molecule has 2 unspecified atom stereocenters. The van der Waals surface area contributed by atoms with Gasteiger partial charge in [0.1, 0.15) is 6.07 Å². The van der Waals surface area contributed by atoms with Gasteiger partial charge in [-0.1, -0.05) is 6.92 Å². The van der Waals surface area contributed by atoms with E-state index in [9.17, 15) is 5.26 Å². The van der Waals surface area contributed by atoms with Crippen LogP contribution < -0.4 is 0 Å². The van der Waals surface area contributed by atoms with E-state index in [2.05, 4.69) is 13.0 Å². The van der Waals surface area contributed by atoms with Crippen LogP contribution in [0.1, 0.15) is 20.8 Å². The van der Waals surface area contributed by atoms with Gasteiger partial charge in [-0.3, -0.25) is 0 Å². The van der Waals surface area contributed by atoms with E-state index < -0.39 is 0 Å². The average molecular weight is 332 g/mol. The average Bonchev–Trinajstić information content (AvgIpc) is 2.47. The van der Waals surface area contributed by atoms with E-state index in [0.717, 1.165) is 21.3 Å². The van der Waals surface area contributed by atoms with Crippen molar-refractivity contribution in [3.8, 4) is 6.07 Å². The Bertz CT molecular complexity index is 368. The predicted octanol–water partition coefficient (Wildman–Crippen LogP) is 3.30. The van der Waals surface area contributed by atoms with E-state index >= 15 is 0 Å². The van der Waals surface area contributed by atoms with Crippen molar-refractivity contribution in [2.75, 3.05) is 44.5 Å². The summed E-state index contributed by atoms with van der Waals surface area (Å²) in [5, 5.41) is 9.20. The first-order chi connectivity index (χ1) is 10.1. The van der Waals surface area contributed by atoms with Crippen molar-refractivity contribution in [1.82, 2.24) is 0 Å². The summed E-state index contributed by atoms with van der Waals surface area (Å²) in [5.41, 5.74) is 0. The highest BCUT2D eigenvalue weighted by molar-refractivity contribution is 8.06. The lowest BCUT2D eigenvalue weighted by molar-refractivity contribution is -0.0264. The molecule has 0 aromatic rings. The first kappa shape index (κ1) is 18.9. The van der Waals surface area contributed by atoms with Gasteiger partial charge in [0.2, 0.25) is 0 Å². The highest BCUT2D eigenvalue weighted by Gasteiger charge is 2.09. The normalized spacial score (nSPS) is 31.5. The van der Waals surface area contributed by atoms with Crippen LogP contribution in [0.5, 0.6) is 0 Å². The van der Waals surface area contributed by atoms with E-state index in [4.69, 9.17) is 14.2 Å². The smallest absolute Gasteiger partial charge is 0.107 e. The number of nitriles is 1. The highest BCUT2D eigenvalue weighted by atomic mass is 32.2. The topological polar surface area (TPSA) is 51.5 Å². The van der Waals surface area contributed by atoms with Crippen molar-refractivity contribution >= 4 is 23.5 Å². The zero-order valence-corrected chi connectivity index (χ0v) is 14.7. The molecule has 21 heavy (non-hydrogen) atoms. The third kappa shape index (κ3) is 8.74. The summed E-state index contributed by atoms with van der Waals surface area (Å²) in [6, 6.07) is 2.28. The summed E-state index contributed by atoms with van der Waals surface area (Å²) < 4.78 is 17.0. The molecule has 0 fully saturated rings. The Morgan fingerprint density at radius 3 is 2.43 bits per heavy atom. The van der Waals surface area contributed by atoms with Gasteiger partial charge in [-0.15, -0.1) is 23.5 Å². The number of allylic oxidation sites excluding steroid dienone is 2. The lowest BCUT2D eigenvalue weighted by Gasteiger charge is -2.18. The molecule has 6 heteroatoms. The van der Waals surface area contributed by atoms with Crippen LogP contribution in [0.4, 0.5) is 0 Å². The molecule has 2 atom stereocenters. The minimum absolute atomic E-state index is 0.104. The fourth-order valence-corrected chi connectivity index (χ4v) is 3.40. The molecule has 120 valence electrons. The Kier molecular flexibility index (Phi) is 10.2. The molecule has 0 spiro atoms. The number of thioether (sulfide) groups is 2. The lowest BCUT2D eigenvalue weighted by Crippen LogP contribution is -2.22. The monoisotopic (exact) mass is 331 g/mol. The van der Waals surface area contributed by atoms with Gasteiger partial charge >= 0.3 is 0 Å². The van der Waals surface area contributed by atoms with Gasteiger partial charge in [-0.05, 0) is 13.8 Å². The van der Waals surface area contributed by atoms with Gasteiger partial charge in [-0.25, -0.2) is 0 Å². The fourth-order valence-electron chi connectivity index (χ4n) is 1.69. The molecule has 0 aromatic carbocycles. The van der Waals surface area contributed by atoms with E-state index in [1.807, 2.05) is 13.8 Å². The SMILES string of the molecule is C/C1=C(\C#N)SCCOCC(C)COC(C)COCCS1. The number of rotatable bonds is 0. The van der Waals surface area contributed by atoms with E-state index in [1.165, 1.54) is 0 Å². The second-order valence-corrected chi connectivity index (χ2v) is 7.51. The molecule has 0 saturated heterocycles. The Labute approximate surface area is 136 Å². The van der Waals surface area contributed by atoms with E-state index in [-0.39, 0.29) is 6.10 Å². The number of hydrogen-bond acceptors (Lipinski definition) is 6. The largest absolute Gasteiger partial charge is 0.380 e. The van der Waals surface area contributed by atoms with Crippen LogP contribution in [0, 0.1) is 17.2 Å². The molecule has 0 radical (unpaired) electrons. The predicted molar refractivity (Wildman–Crippen MR) is 89.4 cm³/mol. The number of nitrogens with zero attached hydrogens (tertiary/aromatic N) is 1. The molecule has 1 aliphatic rings. The first-order valence-electron chi connectivity index (χ1n) is 7.27. The Morgan fingerprint density at radius 2 is 1.71 bits per heavy atom. The summed E-state index contributed by atoms with van der Waals surface area (Å²) in [7, 11) is 0. The molecule has 1 rings (SSSR count). The van der Waals surface area contributed by atoms with Crippen LogP contribution >= 0.6 is 23.5 Å². The number of hydrogen-bond donors (Lipinski definition) is 0. The molecule has 0 bridgehead atoms. The fraction of sp³-hybridized carbons (Fsp3) is 0.800. The highest BCUT2D eigenvalue weighted by Crippen LogP contribution is 2.26. The summed E-state index contributed by atoms with van der Waals surface area (Å²) >= 11 is 3.24. The zero-order chi connectivity index (χ0) is 15.5. The maximum atomic E-state index is 9.20. The summed E-state index contributed by atoms with van der Waals surface area (Å²) in [5.74, 6) is 2.03. The van der Waals surface area contributed by atoms with Crippen molar-refractivity contribution in [2.24, 2.45) is 5.92 Å². The Hall–Kier alpha value is -0.190. The second kappa shape index (κ2) is 11.4. The van der Waals surface area contributed by atoms with Gasteiger partial charge in [0, 0.05) is 22.3 Å². The molecule has 4 nitrogen and oxygen atoms in total. The summed E-state index contributed by atoms with van der Waals surface area (Å²) in [4.78, 5) is 1.86. The standard InChI is InChI=1S/C15H25NO3S2/c1-12-9-17-5-7-21-15(8-16)14(3)20-6-4-18-11-13(2)19-10-12/h12-13H,4-7,9-11H2,1-3H3/b15-14-. The molecular formula is C15H25NO3S2. The van der Waals surface area contributed by atoms with Crippen LogP contribution in [0.25, 0.3) is 0 Å². The van der Waals surface area contributed by atoms with Gasteiger partial charge in [0.25, 0.3) is 0 Å². The first-order valence-corrected chi connectivity index (χ1v) is 9.24. The summed E-state index contributed by atoms with van der Waals surface area (Å²) in [6.45, 7) is 9.46.